The Hall–Kier alpha value is -3.84. The summed E-state index contributed by atoms with van der Waals surface area (Å²) in [6, 6.07) is 10.8. The van der Waals surface area contributed by atoms with Gasteiger partial charge in [0.15, 0.2) is 11.6 Å². The molecule has 2 aromatic carbocycles. The van der Waals surface area contributed by atoms with Crippen molar-refractivity contribution in [3.05, 3.63) is 53.8 Å². The highest BCUT2D eigenvalue weighted by Gasteiger charge is 2.23. The zero-order chi connectivity index (χ0) is 23.8. The van der Waals surface area contributed by atoms with Crippen molar-refractivity contribution in [2.24, 2.45) is 5.14 Å². The number of anilines is 2. The van der Waals surface area contributed by atoms with Gasteiger partial charge in [-0.3, -0.25) is 0 Å². The highest BCUT2D eigenvalue weighted by Crippen LogP contribution is 2.30. The zero-order valence-electron chi connectivity index (χ0n) is 18.0. The van der Waals surface area contributed by atoms with Gasteiger partial charge in [-0.2, -0.15) is 9.97 Å². The first-order chi connectivity index (χ1) is 15.7. The van der Waals surface area contributed by atoms with E-state index in [1.54, 1.807) is 37.2 Å². The number of para-hydroxylation sites is 1. The van der Waals surface area contributed by atoms with Crippen LogP contribution in [0, 0.1) is 5.82 Å². The second-order valence-corrected chi connectivity index (χ2v) is 8.79. The Kier molecular flexibility index (Phi) is 5.82. The summed E-state index contributed by atoms with van der Waals surface area (Å²) < 4.78 is 44.4. The van der Waals surface area contributed by atoms with Crippen molar-refractivity contribution in [2.45, 2.75) is 11.4 Å². The van der Waals surface area contributed by atoms with Crippen LogP contribution in [0.4, 0.5) is 16.0 Å². The van der Waals surface area contributed by atoms with Crippen LogP contribution < -0.4 is 20.1 Å². The van der Waals surface area contributed by atoms with E-state index < -0.39 is 10.0 Å². The minimum atomic E-state index is -4.03. The summed E-state index contributed by atoms with van der Waals surface area (Å²) in [6.45, 7) is 0.286. The van der Waals surface area contributed by atoms with Gasteiger partial charge in [-0.05, 0) is 29.8 Å². The van der Waals surface area contributed by atoms with Crippen molar-refractivity contribution < 1.29 is 17.5 Å². The van der Waals surface area contributed by atoms with Crippen molar-refractivity contribution >= 4 is 32.7 Å². The number of aromatic nitrogens is 5. The molecule has 0 spiro atoms. The molecule has 0 bridgehead atoms. The van der Waals surface area contributed by atoms with E-state index in [0.717, 1.165) is 0 Å². The molecule has 11 nitrogen and oxygen atoms in total. The normalized spacial score (nSPS) is 11.5. The van der Waals surface area contributed by atoms with Crippen molar-refractivity contribution in [3.8, 4) is 12.0 Å². The molecule has 0 fully saturated rings. The van der Waals surface area contributed by atoms with Crippen molar-refractivity contribution in [1.82, 2.24) is 24.7 Å². The smallest absolute Gasteiger partial charge is 0.304 e. The van der Waals surface area contributed by atoms with Gasteiger partial charge >= 0.3 is 6.01 Å². The largest absolute Gasteiger partial charge is 0.468 e. The van der Waals surface area contributed by atoms with Crippen LogP contribution in [0.2, 0.25) is 0 Å². The van der Waals surface area contributed by atoms with E-state index in [0.29, 0.717) is 22.7 Å². The van der Waals surface area contributed by atoms with Crippen LogP contribution in [-0.2, 0) is 16.6 Å². The Balaban J connectivity index is 1.83. The monoisotopic (exact) mass is 472 g/mol. The first-order valence-corrected chi connectivity index (χ1v) is 11.2. The Morgan fingerprint density at radius 3 is 2.58 bits per heavy atom. The topological polar surface area (TPSA) is 141 Å². The number of halogens is 1. The standard InChI is InChI=1S/C20H21FN8O3S/c1-28(2)18-17(23-11-12-6-4-7-13(21)10-12)25-19(27-26-18)29-14-8-5-9-15(33(22,30)31)16(14)24-20(29)32-3/h4-10H,11H2,1-3H3,(H2,22,30,31)(H,23,25,27). The summed E-state index contributed by atoms with van der Waals surface area (Å²) in [5.74, 6) is 0.571. The molecular formula is C20H21FN8O3S. The number of fused-ring (bicyclic) bond motifs is 1. The molecule has 2 heterocycles. The highest BCUT2D eigenvalue weighted by molar-refractivity contribution is 7.89. The summed E-state index contributed by atoms with van der Waals surface area (Å²) in [5.41, 5.74) is 1.20. The number of hydrogen-bond acceptors (Lipinski definition) is 9. The number of rotatable bonds is 7. The van der Waals surface area contributed by atoms with E-state index in [-0.39, 0.29) is 34.7 Å². The molecule has 172 valence electrons. The molecule has 4 aromatic rings. The average molecular weight is 473 g/mol. The zero-order valence-corrected chi connectivity index (χ0v) is 18.8. The number of benzene rings is 2. The molecule has 0 radical (unpaired) electrons. The summed E-state index contributed by atoms with van der Waals surface area (Å²) in [7, 11) is 0.922. The van der Waals surface area contributed by atoms with Gasteiger partial charge in [0.1, 0.15) is 16.2 Å². The summed E-state index contributed by atoms with van der Waals surface area (Å²) in [4.78, 5) is 10.4. The van der Waals surface area contributed by atoms with Gasteiger partial charge in [0.05, 0.1) is 12.6 Å². The third-order valence-electron chi connectivity index (χ3n) is 4.74. The van der Waals surface area contributed by atoms with Crippen molar-refractivity contribution in [2.75, 3.05) is 31.4 Å². The Labute approximate surface area is 189 Å². The van der Waals surface area contributed by atoms with Gasteiger partial charge in [-0.15, -0.1) is 10.2 Å². The van der Waals surface area contributed by atoms with Crippen LogP contribution >= 0.6 is 0 Å². The number of sulfonamides is 1. The van der Waals surface area contributed by atoms with Crippen LogP contribution in [0.3, 0.4) is 0 Å². The molecule has 0 aliphatic heterocycles. The summed E-state index contributed by atoms with van der Waals surface area (Å²) >= 11 is 0. The number of primary sulfonamides is 1. The molecule has 0 saturated carbocycles. The van der Waals surface area contributed by atoms with E-state index >= 15 is 0 Å². The maximum atomic E-state index is 13.5. The lowest BCUT2D eigenvalue weighted by molar-refractivity contribution is 0.373. The maximum absolute atomic E-state index is 13.5. The van der Waals surface area contributed by atoms with E-state index in [4.69, 9.17) is 9.88 Å². The number of nitrogens with one attached hydrogen (secondary N) is 1. The lowest BCUT2D eigenvalue weighted by Crippen LogP contribution is -2.18. The quantitative estimate of drug-likeness (QED) is 0.411. The average Bonchev–Trinajstić information content (AvgIpc) is 3.15. The van der Waals surface area contributed by atoms with Crippen LogP contribution in [0.15, 0.2) is 47.4 Å². The fourth-order valence-electron chi connectivity index (χ4n) is 3.27. The number of hydrogen-bond donors (Lipinski definition) is 2. The highest BCUT2D eigenvalue weighted by atomic mass is 32.2. The van der Waals surface area contributed by atoms with Crippen LogP contribution in [0.25, 0.3) is 17.0 Å². The predicted octanol–water partition coefficient (Wildman–Crippen LogP) is 1.68. The number of ether oxygens (including phenoxy) is 1. The van der Waals surface area contributed by atoms with Gasteiger partial charge in [-0.1, -0.05) is 18.2 Å². The van der Waals surface area contributed by atoms with Crippen molar-refractivity contribution in [1.29, 1.82) is 0 Å². The Bertz CT molecular complexity index is 1440. The third-order valence-corrected chi connectivity index (χ3v) is 5.68. The van der Waals surface area contributed by atoms with Gasteiger partial charge in [0.25, 0.3) is 5.95 Å². The van der Waals surface area contributed by atoms with Gasteiger partial charge in [0.2, 0.25) is 10.0 Å². The predicted molar refractivity (Wildman–Crippen MR) is 120 cm³/mol. The molecule has 0 unspecified atom stereocenters. The fraction of sp³-hybridized carbons (Fsp3) is 0.200. The minimum absolute atomic E-state index is 0.0524. The lowest BCUT2D eigenvalue weighted by Gasteiger charge is -2.17. The van der Waals surface area contributed by atoms with Gasteiger partial charge < -0.3 is 15.0 Å². The van der Waals surface area contributed by atoms with Gasteiger partial charge in [0, 0.05) is 20.6 Å². The Morgan fingerprint density at radius 1 is 1.15 bits per heavy atom. The second-order valence-electron chi connectivity index (χ2n) is 7.26. The number of imidazole rings is 1. The van der Waals surface area contributed by atoms with E-state index in [1.165, 1.54) is 35.9 Å². The van der Waals surface area contributed by atoms with Crippen molar-refractivity contribution in [3.63, 3.8) is 0 Å². The van der Waals surface area contributed by atoms with Gasteiger partial charge in [-0.25, -0.2) is 22.5 Å². The Morgan fingerprint density at radius 2 is 1.91 bits per heavy atom. The summed E-state index contributed by atoms with van der Waals surface area (Å²) in [5, 5.41) is 16.9. The van der Waals surface area contributed by atoms with E-state index in [2.05, 4.69) is 25.5 Å². The maximum Gasteiger partial charge on any atom is 0.304 e. The van der Waals surface area contributed by atoms with Crippen LogP contribution in [0.1, 0.15) is 5.56 Å². The fourth-order valence-corrected chi connectivity index (χ4v) is 3.96. The molecule has 0 aliphatic carbocycles. The molecule has 13 heteroatoms. The second kappa shape index (κ2) is 8.60. The van der Waals surface area contributed by atoms with Crippen LogP contribution in [-0.4, -0.2) is 54.4 Å². The molecule has 0 aliphatic rings. The molecule has 0 amide bonds. The summed E-state index contributed by atoms with van der Waals surface area (Å²) in [6.07, 6.45) is 0. The molecule has 4 rings (SSSR count). The SMILES string of the molecule is COc1nc2c(S(N)(=O)=O)cccc2n1-c1nnc(N(C)C)c(NCc2cccc(F)c2)n1. The van der Waals surface area contributed by atoms with E-state index in [1.807, 2.05) is 0 Å². The molecule has 33 heavy (non-hydrogen) atoms. The minimum Gasteiger partial charge on any atom is -0.468 e. The molecular weight excluding hydrogens is 451 g/mol. The first kappa shape index (κ1) is 22.4. The number of nitrogens with zero attached hydrogens (tertiary/aromatic N) is 6. The number of methoxy groups -OCH3 is 1. The van der Waals surface area contributed by atoms with E-state index in [9.17, 15) is 12.8 Å². The first-order valence-electron chi connectivity index (χ1n) is 9.68. The number of nitrogens with two attached hydrogens (primary N) is 1. The molecule has 2 aromatic heterocycles. The third kappa shape index (κ3) is 4.40. The molecule has 0 atom stereocenters. The van der Waals surface area contributed by atoms with Crippen LogP contribution in [0.5, 0.6) is 6.01 Å². The lowest BCUT2D eigenvalue weighted by atomic mass is 10.2. The molecule has 0 saturated heterocycles. The molecule has 3 N–H and O–H groups in total.